The fourth-order valence-corrected chi connectivity index (χ4v) is 2.19. The van der Waals surface area contributed by atoms with Crippen LogP contribution in [0.25, 0.3) is 0 Å². The van der Waals surface area contributed by atoms with Gasteiger partial charge in [0.25, 0.3) is 0 Å². The zero-order valence-corrected chi connectivity index (χ0v) is 13.0. The Balaban J connectivity index is 0. The van der Waals surface area contributed by atoms with Crippen molar-refractivity contribution in [2.24, 2.45) is 0 Å². The summed E-state index contributed by atoms with van der Waals surface area (Å²) in [6, 6.07) is 0. The SMILES string of the molecule is C=CC[N+](C)(CCO)C(CC)OCCCCC.[Cl-]. The summed E-state index contributed by atoms with van der Waals surface area (Å²) >= 11 is 0. The summed E-state index contributed by atoms with van der Waals surface area (Å²) < 4.78 is 6.70. The fraction of sp³-hybridized carbons (Fsp3) is 0.857. The molecule has 3 nitrogen and oxygen atoms in total. The van der Waals surface area contributed by atoms with Crippen LogP contribution in [0.15, 0.2) is 12.7 Å². The molecule has 0 radical (unpaired) electrons. The minimum atomic E-state index is 0. The van der Waals surface area contributed by atoms with Crippen molar-refractivity contribution in [1.29, 1.82) is 0 Å². The summed E-state index contributed by atoms with van der Waals surface area (Å²) in [6.45, 7) is 10.7. The van der Waals surface area contributed by atoms with Gasteiger partial charge in [-0.1, -0.05) is 33.3 Å². The molecule has 0 aliphatic rings. The van der Waals surface area contributed by atoms with Crippen molar-refractivity contribution < 1.29 is 26.7 Å². The highest BCUT2D eigenvalue weighted by atomic mass is 35.5. The van der Waals surface area contributed by atoms with Gasteiger partial charge in [0, 0.05) is 6.42 Å². The molecular weight excluding hydrogens is 250 g/mol. The van der Waals surface area contributed by atoms with Gasteiger partial charge in [0.2, 0.25) is 0 Å². The number of halogens is 1. The Morgan fingerprint density at radius 3 is 2.44 bits per heavy atom. The van der Waals surface area contributed by atoms with Crippen molar-refractivity contribution >= 4 is 0 Å². The lowest BCUT2D eigenvalue weighted by molar-refractivity contribution is -0.950. The maximum atomic E-state index is 9.18. The molecule has 0 aliphatic heterocycles. The van der Waals surface area contributed by atoms with Gasteiger partial charge in [0.1, 0.15) is 6.54 Å². The second kappa shape index (κ2) is 12.0. The Morgan fingerprint density at radius 2 is 2.00 bits per heavy atom. The van der Waals surface area contributed by atoms with E-state index < -0.39 is 0 Å². The molecule has 0 aromatic carbocycles. The minimum Gasteiger partial charge on any atom is -1.00 e. The zero-order chi connectivity index (χ0) is 13.1. The zero-order valence-electron chi connectivity index (χ0n) is 12.2. The van der Waals surface area contributed by atoms with Crippen LogP contribution in [0.3, 0.4) is 0 Å². The van der Waals surface area contributed by atoms with Gasteiger partial charge in [0.15, 0.2) is 6.23 Å². The summed E-state index contributed by atoms with van der Waals surface area (Å²) in [4.78, 5) is 0. The predicted molar refractivity (Wildman–Crippen MR) is 72.8 cm³/mol. The molecule has 4 heteroatoms. The molecule has 0 aromatic heterocycles. The number of aliphatic hydroxyl groups is 1. The quantitative estimate of drug-likeness (QED) is 0.240. The van der Waals surface area contributed by atoms with Crippen molar-refractivity contribution in [3.8, 4) is 0 Å². The van der Waals surface area contributed by atoms with Crippen molar-refractivity contribution in [3.63, 3.8) is 0 Å². The first kappa shape index (κ1) is 20.2. The van der Waals surface area contributed by atoms with Gasteiger partial charge in [-0.05, 0) is 12.5 Å². The Hall–Kier alpha value is -0.0900. The van der Waals surface area contributed by atoms with Crippen molar-refractivity contribution in [2.75, 3.05) is 33.4 Å². The van der Waals surface area contributed by atoms with Crippen molar-refractivity contribution in [2.45, 2.75) is 45.8 Å². The Morgan fingerprint density at radius 1 is 1.33 bits per heavy atom. The number of unbranched alkanes of at least 4 members (excludes halogenated alkanes) is 2. The van der Waals surface area contributed by atoms with E-state index in [0.29, 0.717) is 0 Å². The maximum absolute atomic E-state index is 9.18. The van der Waals surface area contributed by atoms with Crippen LogP contribution in [-0.2, 0) is 4.74 Å². The second-order valence-corrected chi connectivity index (χ2v) is 4.84. The van der Waals surface area contributed by atoms with E-state index >= 15 is 0 Å². The van der Waals surface area contributed by atoms with Gasteiger partial charge < -0.3 is 22.3 Å². The Labute approximate surface area is 119 Å². The lowest BCUT2D eigenvalue weighted by atomic mass is 10.2. The monoisotopic (exact) mass is 279 g/mol. The molecule has 0 heterocycles. The van der Waals surface area contributed by atoms with Crippen LogP contribution in [0.4, 0.5) is 0 Å². The highest BCUT2D eigenvalue weighted by Crippen LogP contribution is 2.16. The maximum Gasteiger partial charge on any atom is 0.193 e. The van der Waals surface area contributed by atoms with E-state index in [0.717, 1.165) is 37.0 Å². The smallest absolute Gasteiger partial charge is 0.193 e. The molecule has 2 atom stereocenters. The minimum absolute atomic E-state index is 0. The van der Waals surface area contributed by atoms with E-state index in [9.17, 15) is 5.11 Å². The van der Waals surface area contributed by atoms with Gasteiger partial charge in [-0.15, -0.1) is 0 Å². The van der Waals surface area contributed by atoms with Gasteiger partial charge in [0.05, 0.1) is 26.8 Å². The number of likely N-dealkylation sites (N-methyl/N-ethyl adjacent to an activating group) is 1. The van der Waals surface area contributed by atoms with E-state index in [1.807, 2.05) is 6.08 Å². The summed E-state index contributed by atoms with van der Waals surface area (Å²) in [7, 11) is 2.13. The average molecular weight is 280 g/mol. The highest BCUT2D eigenvalue weighted by molar-refractivity contribution is 4.66. The largest absolute Gasteiger partial charge is 1.00 e. The molecule has 0 aliphatic carbocycles. The third-order valence-electron chi connectivity index (χ3n) is 3.26. The van der Waals surface area contributed by atoms with Crippen molar-refractivity contribution in [3.05, 3.63) is 12.7 Å². The Kier molecular flexibility index (Phi) is 13.5. The summed E-state index contributed by atoms with van der Waals surface area (Å²) in [5.74, 6) is 0. The number of hydrogen-bond donors (Lipinski definition) is 1. The summed E-state index contributed by atoms with van der Waals surface area (Å²) in [5, 5.41) is 9.18. The molecular formula is C14H30ClNO2. The lowest BCUT2D eigenvalue weighted by Gasteiger charge is -2.39. The first-order valence-corrected chi connectivity index (χ1v) is 6.82. The van der Waals surface area contributed by atoms with Crippen LogP contribution in [0, 0.1) is 0 Å². The number of nitrogens with zero attached hydrogens (tertiary/aromatic N) is 1. The highest BCUT2D eigenvalue weighted by Gasteiger charge is 2.30. The molecule has 0 rings (SSSR count). The molecule has 18 heavy (non-hydrogen) atoms. The van der Waals surface area contributed by atoms with Gasteiger partial charge in [-0.3, -0.25) is 4.48 Å². The first-order chi connectivity index (χ1) is 8.14. The lowest BCUT2D eigenvalue weighted by Crippen LogP contribution is -3.00. The van der Waals surface area contributed by atoms with Crippen LogP contribution >= 0.6 is 0 Å². The molecule has 0 saturated carbocycles. The van der Waals surface area contributed by atoms with E-state index in [1.54, 1.807) is 0 Å². The molecule has 2 unspecified atom stereocenters. The topological polar surface area (TPSA) is 29.5 Å². The number of ether oxygens (including phenoxy) is 1. The van der Waals surface area contributed by atoms with E-state index in [1.165, 1.54) is 12.8 Å². The summed E-state index contributed by atoms with van der Waals surface area (Å²) in [6.07, 6.45) is 6.61. The van der Waals surface area contributed by atoms with Crippen LogP contribution in [0.2, 0.25) is 0 Å². The molecule has 110 valence electrons. The normalized spacial score (nSPS) is 15.6. The molecule has 0 amide bonds. The molecule has 1 N–H and O–H groups in total. The molecule has 0 fully saturated rings. The van der Waals surface area contributed by atoms with E-state index in [4.69, 9.17) is 4.74 Å². The van der Waals surface area contributed by atoms with Gasteiger partial charge >= 0.3 is 0 Å². The third kappa shape index (κ3) is 7.37. The van der Waals surface area contributed by atoms with Crippen LogP contribution in [-0.4, -0.2) is 49.2 Å². The number of rotatable bonds is 11. The molecule has 0 aromatic rings. The standard InChI is InChI=1S/C14H30NO2.ClH/c1-5-8-9-13-17-14(7-3)15(4,10-6-2)11-12-16;/h6,14,16H,2,5,7-13H2,1,3-4H3;1H/q+1;/p-1. The van der Waals surface area contributed by atoms with Crippen molar-refractivity contribution in [1.82, 2.24) is 0 Å². The molecule has 0 saturated heterocycles. The number of quaternary nitrogens is 1. The van der Waals surface area contributed by atoms with Crippen LogP contribution < -0.4 is 12.4 Å². The fourth-order valence-electron chi connectivity index (χ4n) is 2.19. The van der Waals surface area contributed by atoms with E-state index in [2.05, 4.69) is 27.5 Å². The number of aliphatic hydroxyl groups excluding tert-OH is 1. The number of hydrogen-bond acceptors (Lipinski definition) is 2. The third-order valence-corrected chi connectivity index (χ3v) is 3.26. The Bertz CT molecular complexity index is 202. The second-order valence-electron chi connectivity index (χ2n) is 4.84. The average Bonchev–Trinajstić information content (AvgIpc) is 2.29. The van der Waals surface area contributed by atoms with Gasteiger partial charge in [-0.2, -0.15) is 0 Å². The predicted octanol–water partition coefficient (Wildman–Crippen LogP) is -0.442. The van der Waals surface area contributed by atoms with Crippen LogP contribution in [0.5, 0.6) is 0 Å². The first-order valence-electron chi connectivity index (χ1n) is 6.82. The summed E-state index contributed by atoms with van der Waals surface area (Å²) in [5.41, 5.74) is 0. The van der Waals surface area contributed by atoms with Gasteiger partial charge in [-0.25, -0.2) is 0 Å². The van der Waals surface area contributed by atoms with E-state index in [-0.39, 0.29) is 25.2 Å². The molecule has 0 bridgehead atoms. The van der Waals surface area contributed by atoms with Crippen LogP contribution in [0.1, 0.15) is 39.5 Å². The molecule has 0 spiro atoms.